The Morgan fingerprint density at radius 3 is 1.80 bits per heavy atom. The van der Waals surface area contributed by atoms with Crippen LogP contribution in [0, 0.1) is 0 Å². The predicted molar refractivity (Wildman–Crippen MR) is 210 cm³/mol. The summed E-state index contributed by atoms with van der Waals surface area (Å²) in [6.45, 7) is 0. The Morgan fingerprint density at radius 1 is 0.392 bits per heavy atom. The fourth-order valence-electron chi connectivity index (χ4n) is 8.12. The highest BCUT2D eigenvalue weighted by Crippen LogP contribution is 2.46. The van der Waals surface area contributed by atoms with E-state index in [-0.39, 0.29) is 18.5 Å². The molecule has 3 unspecified atom stereocenters. The highest BCUT2D eigenvalue weighted by Gasteiger charge is 2.32. The average Bonchev–Trinajstić information content (AvgIpc) is 3.89. The molecule has 0 spiro atoms. The van der Waals surface area contributed by atoms with E-state index >= 15 is 0 Å². The van der Waals surface area contributed by atoms with Gasteiger partial charge in [-0.15, -0.1) is 11.3 Å². The predicted octanol–water partition coefficient (Wildman–Crippen LogP) is 11.7. The minimum atomic E-state index is -0.156. The number of benzene rings is 7. The Kier molecular flexibility index (Phi) is 6.48. The van der Waals surface area contributed by atoms with Gasteiger partial charge in [0.05, 0.1) is 18.5 Å². The average molecular weight is 678 g/mol. The molecule has 1 aliphatic rings. The number of rotatable bonds is 4. The second-order valence-electron chi connectivity index (χ2n) is 13.3. The molecular formula is C45H31N3O2S. The normalized spacial score (nSPS) is 18.2. The van der Waals surface area contributed by atoms with Gasteiger partial charge in [-0.05, 0) is 29.3 Å². The summed E-state index contributed by atoms with van der Waals surface area (Å²) in [5, 5.41) is 18.9. The molecule has 3 atom stereocenters. The summed E-state index contributed by atoms with van der Waals surface area (Å²) in [4.78, 5) is 0. The smallest absolute Gasteiger partial charge is 0.143 e. The second kappa shape index (κ2) is 11.4. The van der Waals surface area contributed by atoms with Crippen molar-refractivity contribution in [1.29, 1.82) is 0 Å². The fourth-order valence-corrected chi connectivity index (χ4v) is 9.50. The maximum atomic E-state index is 6.51. The van der Waals surface area contributed by atoms with E-state index in [9.17, 15) is 0 Å². The summed E-state index contributed by atoms with van der Waals surface area (Å²) >= 11 is 1.86. The van der Waals surface area contributed by atoms with Crippen molar-refractivity contribution < 1.29 is 8.83 Å². The summed E-state index contributed by atoms with van der Waals surface area (Å²) in [6.07, 6.45) is -0.396. The largest absolute Gasteiger partial charge is 0.456 e. The molecule has 6 heteroatoms. The van der Waals surface area contributed by atoms with E-state index in [2.05, 4.69) is 149 Å². The molecule has 1 aliphatic heterocycles. The molecule has 0 bridgehead atoms. The van der Waals surface area contributed by atoms with Crippen molar-refractivity contribution in [3.05, 3.63) is 168 Å². The minimum absolute atomic E-state index is 0.0956. The molecule has 0 saturated carbocycles. The Hall–Kier alpha value is -5.76. The van der Waals surface area contributed by atoms with Crippen LogP contribution in [0.5, 0.6) is 0 Å². The van der Waals surface area contributed by atoms with Gasteiger partial charge in [-0.2, -0.15) is 0 Å². The third kappa shape index (κ3) is 4.51. The monoisotopic (exact) mass is 677 g/mol. The molecule has 7 aromatic carbocycles. The first kappa shape index (κ1) is 29.0. The topological polar surface area (TPSA) is 62.4 Å². The van der Waals surface area contributed by atoms with Crippen LogP contribution in [0.4, 0.5) is 0 Å². The summed E-state index contributed by atoms with van der Waals surface area (Å²) in [7, 11) is 0. The standard InChI is InChI=1S/C45H31N3O2S/c1-2-12-26(13-3-1)43-46-44(34-21-11-25-38-39(34)33-15-5-7-24-37(33)49-38)48-45(47-43)35-22-10-20-32-31-19-9-18-30(41(31)51-42(32)35)29-17-8-16-28-27-14-4-6-23-36(27)50-40(28)29/h1-25,43-48H. The molecule has 1 saturated heterocycles. The van der Waals surface area contributed by atoms with Gasteiger partial charge >= 0.3 is 0 Å². The second-order valence-corrected chi connectivity index (χ2v) is 14.3. The lowest BCUT2D eigenvalue weighted by Gasteiger charge is -2.40. The van der Waals surface area contributed by atoms with Gasteiger partial charge in [-0.1, -0.05) is 133 Å². The van der Waals surface area contributed by atoms with Gasteiger partial charge in [0.25, 0.3) is 0 Å². The molecule has 3 aromatic heterocycles. The number of nitrogens with one attached hydrogen (secondary N) is 3. The zero-order valence-electron chi connectivity index (χ0n) is 27.4. The number of furan rings is 2. The van der Waals surface area contributed by atoms with Crippen LogP contribution < -0.4 is 16.0 Å². The molecule has 5 nitrogen and oxygen atoms in total. The summed E-state index contributed by atoms with van der Waals surface area (Å²) in [6, 6.07) is 53.5. The van der Waals surface area contributed by atoms with E-state index in [0.29, 0.717) is 0 Å². The van der Waals surface area contributed by atoms with E-state index in [1.165, 1.54) is 36.9 Å². The Labute approximate surface area is 297 Å². The molecule has 0 amide bonds. The van der Waals surface area contributed by atoms with E-state index in [0.717, 1.165) is 55.0 Å². The third-order valence-electron chi connectivity index (χ3n) is 10.4. The van der Waals surface area contributed by atoms with Crippen LogP contribution in [0.1, 0.15) is 35.2 Å². The van der Waals surface area contributed by atoms with E-state index in [1.54, 1.807) is 0 Å². The van der Waals surface area contributed by atoms with Gasteiger partial charge in [0.15, 0.2) is 0 Å². The van der Waals surface area contributed by atoms with Gasteiger partial charge in [0.1, 0.15) is 22.3 Å². The number of fused-ring (bicyclic) bond motifs is 9. The van der Waals surface area contributed by atoms with Gasteiger partial charge in [-0.25, -0.2) is 0 Å². The first-order valence-corrected chi connectivity index (χ1v) is 18.2. The van der Waals surface area contributed by atoms with E-state index < -0.39 is 0 Å². The quantitative estimate of drug-likeness (QED) is 0.173. The van der Waals surface area contributed by atoms with Crippen molar-refractivity contribution in [1.82, 2.24) is 16.0 Å². The third-order valence-corrected chi connectivity index (χ3v) is 11.7. The number of hydrogen-bond donors (Lipinski definition) is 3. The van der Waals surface area contributed by atoms with Crippen molar-refractivity contribution in [2.24, 2.45) is 0 Å². The molecule has 0 aliphatic carbocycles. The van der Waals surface area contributed by atoms with Crippen LogP contribution in [-0.2, 0) is 0 Å². The van der Waals surface area contributed by atoms with E-state index in [1.807, 2.05) is 29.5 Å². The van der Waals surface area contributed by atoms with Gasteiger partial charge in [-0.3, -0.25) is 16.0 Å². The molecule has 3 N–H and O–H groups in total. The van der Waals surface area contributed by atoms with Crippen molar-refractivity contribution in [3.8, 4) is 11.1 Å². The number of para-hydroxylation sites is 3. The highest BCUT2D eigenvalue weighted by molar-refractivity contribution is 7.26. The highest BCUT2D eigenvalue weighted by atomic mass is 32.1. The lowest BCUT2D eigenvalue weighted by Crippen LogP contribution is -2.54. The van der Waals surface area contributed by atoms with Crippen LogP contribution in [0.15, 0.2) is 160 Å². The van der Waals surface area contributed by atoms with Crippen molar-refractivity contribution >= 4 is 75.4 Å². The molecule has 11 rings (SSSR count). The maximum absolute atomic E-state index is 6.51. The summed E-state index contributed by atoms with van der Waals surface area (Å²) in [5.41, 5.74) is 9.50. The molecule has 4 heterocycles. The first-order chi connectivity index (χ1) is 25.3. The molecular weight excluding hydrogens is 647 g/mol. The SMILES string of the molecule is c1ccc(C2NC(c3cccc4c3sc3c(-c5cccc6c5oc5ccccc56)cccc34)NC(c3cccc4oc5ccccc5c34)N2)cc1. The molecule has 1 fully saturated rings. The number of hydrogen-bond acceptors (Lipinski definition) is 6. The van der Waals surface area contributed by atoms with Crippen molar-refractivity contribution in [3.63, 3.8) is 0 Å². The molecule has 51 heavy (non-hydrogen) atoms. The molecule has 10 aromatic rings. The lowest BCUT2D eigenvalue weighted by atomic mass is 9.98. The van der Waals surface area contributed by atoms with Crippen molar-refractivity contribution in [2.75, 3.05) is 0 Å². The Balaban J connectivity index is 1.08. The van der Waals surface area contributed by atoms with E-state index in [4.69, 9.17) is 8.83 Å². The Morgan fingerprint density at radius 2 is 0.961 bits per heavy atom. The zero-order chi connectivity index (χ0) is 33.5. The first-order valence-electron chi connectivity index (χ1n) is 17.4. The molecule has 244 valence electrons. The van der Waals surface area contributed by atoms with Gasteiger partial charge in [0.2, 0.25) is 0 Å². The Bertz CT molecular complexity index is 2940. The summed E-state index contributed by atoms with van der Waals surface area (Å²) in [5.74, 6) is 0. The van der Waals surface area contributed by atoms with Crippen LogP contribution >= 0.6 is 11.3 Å². The zero-order valence-corrected chi connectivity index (χ0v) is 28.2. The van der Waals surface area contributed by atoms with Crippen LogP contribution in [0.3, 0.4) is 0 Å². The maximum Gasteiger partial charge on any atom is 0.143 e. The van der Waals surface area contributed by atoms with Crippen molar-refractivity contribution in [2.45, 2.75) is 18.5 Å². The van der Waals surface area contributed by atoms with Gasteiger partial charge in [0, 0.05) is 58.4 Å². The number of thiophene rings is 1. The minimum Gasteiger partial charge on any atom is -0.456 e. The fraction of sp³-hybridized carbons (Fsp3) is 0.0667. The molecule has 0 radical (unpaired) electrons. The van der Waals surface area contributed by atoms with Crippen LogP contribution in [-0.4, -0.2) is 0 Å². The summed E-state index contributed by atoms with van der Waals surface area (Å²) < 4.78 is 15.3. The van der Waals surface area contributed by atoms with Gasteiger partial charge < -0.3 is 8.83 Å². The van der Waals surface area contributed by atoms with Crippen LogP contribution in [0.25, 0.3) is 75.2 Å². The lowest BCUT2D eigenvalue weighted by molar-refractivity contribution is 0.205. The van der Waals surface area contributed by atoms with Crippen LogP contribution in [0.2, 0.25) is 0 Å².